The van der Waals surface area contributed by atoms with Crippen molar-refractivity contribution in [2.24, 2.45) is 0 Å². The standard InChI is InChI=1S/C16H23N2/c1-2-6-16(14-7-9-17-10-8-14)15(5-1)13-18-11-3-4-12-18/h1-2,6,14,17H,3-4,7-13H2. The molecule has 0 saturated carbocycles. The largest absolute Gasteiger partial charge is 0.317 e. The zero-order valence-electron chi connectivity index (χ0n) is 11.1. The molecule has 0 amide bonds. The summed E-state index contributed by atoms with van der Waals surface area (Å²) < 4.78 is 0. The van der Waals surface area contributed by atoms with Crippen LogP contribution in [0, 0.1) is 6.07 Å². The van der Waals surface area contributed by atoms with E-state index in [0.717, 1.165) is 12.5 Å². The Balaban J connectivity index is 1.75. The molecule has 0 bridgehead atoms. The molecule has 2 aliphatic rings. The highest BCUT2D eigenvalue weighted by molar-refractivity contribution is 5.30. The van der Waals surface area contributed by atoms with E-state index >= 15 is 0 Å². The Morgan fingerprint density at radius 3 is 2.78 bits per heavy atom. The van der Waals surface area contributed by atoms with Crippen LogP contribution in [0.15, 0.2) is 18.2 Å². The van der Waals surface area contributed by atoms with E-state index in [0.29, 0.717) is 0 Å². The minimum atomic E-state index is 0.751. The predicted molar refractivity (Wildman–Crippen MR) is 74.6 cm³/mol. The molecular weight excluding hydrogens is 220 g/mol. The number of benzene rings is 1. The quantitative estimate of drug-likeness (QED) is 0.877. The average molecular weight is 243 g/mol. The van der Waals surface area contributed by atoms with Gasteiger partial charge < -0.3 is 5.32 Å². The molecule has 0 aliphatic carbocycles. The van der Waals surface area contributed by atoms with Crippen LogP contribution in [0.3, 0.4) is 0 Å². The van der Waals surface area contributed by atoms with Crippen LogP contribution in [0.5, 0.6) is 0 Å². The highest BCUT2D eigenvalue weighted by Crippen LogP contribution is 2.29. The number of piperidine rings is 1. The summed E-state index contributed by atoms with van der Waals surface area (Å²) in [5.74, 6) is 0.751. The van der Waals surface area contributed by atoms with Crippen molar-refractivity contribution in [3.05, 3.63) is 35.4 Å². The van der Waals surface area contributed by atoms with Crippen molar-refractivity contribution in [3.8, 4) is 0 Å². The van der Waals surface area contributed by atoms with Crippen LogP contribution in [0.4, 0.5) is 0 Å². The molecule has 1 aromatic carbocycles. The van der Waals surface area contributed by atoms with E-state index in [4.69, 9.17) is 0 Å². The molecule has 0 aromatic heterocycles. The lowest BCUT2D eigenvalue weighted by Gasteiger charge is -2.26. The summed E-state index contributed by atoms with van der Waals surface area (Å²) in [6.07, 6.45) is 5.31. The Morgan fingerprint density at radius 2 is 2.00 bits per heavy atom. The number of nitrogens with one attached hydrogen (secondary N) is 1. The van der Waals surface area contributed by atoms with Crippen molar-refractivity contribution >= 4 is 0 Å². The fraction of sp³-hybridized carbons (Fsp3) is 0.625. The summed E-state index contributed by atoms with van der Waals surface area (Å²) in [5.41, 5.74) is 3.01. The fourth-order valence-electron chi connectivity index (χ4n) is 3.30. The molecule has 3 rings (SSSR count). The van der Waals surface area contributed by atoms with Crippen LogP contribution < -0.4 is 5.32 Å². The van der Waals surface area contributed by atoms with Crippen LogP contribution in [0.25, 0.3) is 0 Å². The molecule has 2 fully saturated rings. The average Bonchev–Trinajstić information content (AvgIpc) is 2.93. The SMILES string of the molecule is [c]1cccc(C2CCNCC2)c1CN1CCCC1. The first-order valence-electron chi connectivity index (χ1n) is 7.36. The van der Waals surface area contributed by atoms with Gasteiger partial charge in [-0.2, -0.15) is 0 Å². The van der Waals surface area contributed by atoms with Gasteiger partial charge in [0.15, 0.2) is 0 Å². The Kier molecular flexibility index (Phi) is 3.96. The molecule has 2 heteroatoms. The van der Waals surface area contributed by atoms with Crippen LogP contribution >= 0.6 is 0 Å². The first-order valence-corrected chi connectivity index (χ1v) is 7.36. The third-order valence-electron chi connectivity index (χ3n) is 4.34. The van der Waals surface area contributed by atoms with Gasteiger partial charge in [0.25, 0.3) is 0 Å². The second-order valence-electron chi connectivity index (χ2n) is 5.61. The monoisotopic (exact) mass is 243 g/mol. The first-order chi connectivity index (χ1) is 8.93. The van der Waals surface area contributed by atoms with Crippen molar-refractivity contribution in [2.45, 2.75) is 38.1 Å². The van der Waals surface area contributed by atoms with Gasteiger partial charge in [-0.25, -0.2) is 0 Å². The molecule has 0 spiro atoms. The number of rotatable bonds is 3. The van der Waals surface area contributed by atoms with Crippen LogP contribution in [0.2, 0.25) is 0 Å². The summed E-state index contributed by atoms with van der Waals surface area (Å²) in [5, 5.41) is 3.46. The van der Waals surface area contributed by atoms with Gasteiger partial charge >= 0.3 is 0 Å². The molecular formula is C16H23N2. The summed E-state index contributed by atoms with van der Waals surface area (Å²) in [7, 11) is 0. The number of hydrogen-bond donors (Lipinski definition) is 1. The van der Waals surface area contributed by atoms with E-state index in [1.807, 2.05) is 0 Å². The van der Waals surface area contributed by atoms with Crippen molar-refractivity contribution < 1.29 is 0 Å². The summed E-state index contributed by atoms with van der Waals surface area (Å²) >= 11 is 0. The van der Waals surface area contributed by atoms with Gasteiger partial charge in [0.1, 0.15) is 0 Å². The third kappa shape index (κ3) is 2.76. The van der Waals surface area contributed by atoms with Gasteiger partial charge in [0.05, 0.1) is 0 Å². The number of likely N-dealkylation sites (tertiary alicyclic amines) is 1. The summed E-state index contributed by atoms with van der Waals surface area (Å²) in [6, 6.07) is 10.1. The lowest BCUT2D eigenvalue weighted by atomic mass is 9.87. The summed E-state index contributed by atoms with van der Waals surface area (Å²) in [6.45, 7) is 5.99. The second-order valence-corrected chi connectivity index (χ2v) is 5.61. The zero-order chi connectivity index (χ0) is 12.2. The molecule has 97 valence electrons. The summed E-state index contributed by atoms with van der Waals surface area (Å²) in [4.78, 5) is 2.58. The molecule has 2 aliphatic heterocycles. The minimum Gasteiger partial charge on any atom is -0.317 e. The molecule has 18 heavy (non-hydrogen) atoms. The normalized spacial score (nSPS) is 22.4. The maximum atomic E-state index is 3.50. The van der Waals surface area contributed by atoms with Gasteiger partial charge in [-0.05, 0) is 75.0 Å². The molecule has 1 aromatic rings. The first kappa shape index (κ1) is 12.2. The predicted octanol–water partition coefficient (Wildman–Crippen LogP) is 2.55. The lowest BCUT2D eigenvalue weighted by Crippen LogP contribution is -2.28. The van der Waals surface area contributed by atoms with E-state index in [-0.39, 0.29) is 0 Å². The van der Waals surface area contributed by atoms with Crippen LogP contribution in [-0.2, 0) is 6.54 Å². The van der Waals surface area contributed by atoms with Crippen LogP contribution in [-0.4, -0.2) is 31.1 Å². The fourth-order valence-corrected chi connectivity index (χ4v) is 3.30. The van der Waals surface area contributed by atoms with E-state index < -0.39 is 0 Å². The Labute approximate surface area is 110 Å². The Bertz CT molecular complexity index is 376. The zero-order valence-corrected chi connectivity index (χ0v) is 11.1. The third-order valence-corrected chi connectivity index (χ3v) is 4.34. The molecule has 1 radical (unpaired) electrons. The van der Waals surface area contributed by atoms with E-state index in [2.05, 4.69) is 34.5 Å². The number of hydrogen-bond acceptors (Lipinski definition) is 2. The van der Waals surface area contributed by atoms with E-state index in [1.54, 1.807) is 5.56 Å². The highest BCUT2D eigenvalue weighted by atomic mass is 15.1. The van der Waals surface area contributed by atoms with Crippen molar-refractivity contribution in [3.63, 3.8) is 0 Å². The van der Waals surface area contributed by atoms with Gasteiger partial charge in [-0.1, -0.05) is 18.2 Å². The van der Waals surface area contributed by atoms with Gasteiger partial charge in [0, 0.05) is 6.54 Å². The maximum Gasteiger partial charge on any atom is 0.0242 e. The number of nitrogens with zero attached hydrogens (tertiary/aromatic N) is 1. The van der Waals surface area contributed by atoms with E-state index in [9.17, 15) is 0 Å². The molecule has 1 N–H and O–H groups in total. The second kappa shape index (κ2) is 5.85. The molecule has 2 heterocycles. The van der Waals surface area contributed by atoms with Crippen molar-refractivity contribution in [1.29, 1.82) is 0 Å². The molecule has 2 nitrogen and oxygen atoms in total. The minimum absolute atomic E-state index is 0.751. The van der Waals surface area contributed by atoms with Crippen LogP contribution in [0.1, 0.15) is 42.7 Å². The molecule has 0 unspecified atom stereocenters. The highest BCUT2D eigenvalue weighted by Gasteiger charge is 2.20. The molecule has 0 atom stereocenters. The molecule has 2 saturated heterocycles. The Hall–Kier alpha value is -0.860. The topological polar surface area (TPSA) is 15.3 Å². The van der Waals surface area contributed by atoms with Gasteiger partial charge in [-0.15, -0.1) is 0 Å². The van der Waals surface area contributed by atoms with Gasteiger partial charge in [0.2, 0.25) is 0 Å². The Morgan fingerprint density at radius 1 is 1.22 bits per heavy atom. The van der Waals surface area contributed by atoms with Gasteiger partial charge in [-0.3, -0.25) is 4.90 Å². The lowest BCUT2D eigenvalue weighted by molar-refractivity contribution is 0.328. The smallest absolute Gasteiger partial charge is 0.0242 e. The van der Waals surface area contributed by atoms with Crippen molar-refractivity contribution in [1.82, 2.24) is 10.2 Å². The van der Waals surface area contributed by atoms with E-state index in [1.165, 1.54) is 57.4 Å². The maximum absolute atomic E-state index is 3.50. The van der Waals surface area contributed by atoms with Crippen molar-refractivity contribution in [2.75, 3.05) is 26.2 Å².